The number of non-ortho nitro benzene ring substituents is 1. The van der Waals surface area contributed by atoms with Crippen LogP contribution in [-0.2, 0) is 9.84 Å². The highest BCUT2D eigenvalue weighted by atomic mass is 32.2. The lowest BCUT2D eigenvalue weighted by Gasteiger charge is -2.22. The minimum absolute atomic E-state index is 0.0810. The van der Waals surface area contributed by atoms with Gasteiger partial charge in [0.1, 0.15) is 0 Å². The zero-order chi connectivity index (χ0) is 15.7. The number of sulfone groups is 1. The fourth-order valence-corrected chi connectivity index (χ4v) is 4.07. The molecule has 8 nitrogen and oxygen atoms in total. The predicted octanol–water partition coefficient (Wildman–Crippen LogP) is 1.06. The van der Waals surface area contributed by atoms with Gasteiger partial charge in [-0.15, -0.1) is 0 Å². The minimum Gasteiger partial charge on any atom is -0.315 e. The molecule has 22 heavy (non-hydrogen) atoms. The highest BCUT2D eigenvalue weighted by molar-refractivity contribution is 7.92. The summed E-state index contributed by atoms with van der Waals surface area (Å²) in [5.74, 6) is 0. The fraction of sp³-hybridized carbons (Fsp3) is 0.385. The third-order valence-electron chi connectivity index (χ3n) is 3.70. The molecule has 0 saturated carbocycles. The average molecular weight is 322 g/mol. The van der Waals surface area contributed by atoms with E-state index in [-0.39, 0.29) is 10.7 Å². The number of rotatable bonds is 3. The molecule has 1 aliphatic rings. The SMILES string of the molecule is O=[N+]([O-])c1ccc2nc(S(=O)(=O)[C@@H]3CCCNC3)cnc2c1. The summed E-state index contributed by atoms with van der Waals surface area (Å²) in [5, 5.41) is 13.2. The van der Waals surface area contributed by atoms with E-state index >= 15 is 0 Å². The first kappa shape index (κ1) is 14.8. The molecular weight excluding hydrogens is 308 g/mol. The molecule has 2 heterocycles. The summed E-state index contributed by atoms with van der Waals surface area (Å²) in [4.78, 5) is 18.3. The van der Waals surface area contributed by atoms with Crippen LogP contribution in [0.5, 0.6) is 0 Å². The molecule has 1 aliphatic heterocycles. The first-order chi connectivity index (χ1) is 10.5. The zero-order valence-electron chi connectivity index (χ0n) is 11.6. The van der Waals surface area contributed by atoms with Crippen LogP contribution in [0.2, 0.25) is 0 Å². The minimum atomic E-state index is -3.55. The number of nitrogens with zero attached hydrogens (tertiary/aromatic N) is 3. The average Bonchev–Trinajstić information content (AvgIpc) is 2.54. The Hall–Kier alpha value is -2.13. The van der Waals surface area contributed by atoms with Crippen LogP contribution in [0.15, 0.2) is 29.4 Å². The van der Waals surface area contributed by atoms with Crippen LogP contribution >= 0.6 is 0 Å². The monoisotopic (exact) mass is 322 g/mol. The van der Waals surface area contributed by atoms with E-state index in [4.69, 9.17) is 0 Å². The number of fused-ring (bicyclic) bond motifs is 1. The first-order valence-corrected chi connectivity index (χ1v) is 8.39. The second kappa shape index (κ2) is 5.58. The second-order valence-electron chi connectivity index (χ2n) is 5.15. The van der Waals surface area contributed by atoms with Crippen LogP contribution in [0.25, 0.3) is 11.0 Å². The maximum atomic E-state index is 12.6. The molecule has 1 fully saturated rings. The second-order valence-corrected chi connectivity index (χ2v) is 7.33. The highest BCUT2D eigenvalue weighted by Crippen LogP contribution is 2.22. The maximum absolute atomic E-state index is 12.6. The Bertz CT molecular complexity index is 831. The number of benzene rings is 1. The highest BCUT2D eigenvalue weighted by Gasteiger charge is 2.30. The van der Waals surface area contributed by atoms with Gasteiger partial charge >= 0.3 is 0 Å². The molecular formula is C13H14N4O4S. The van der Waals surface area contributed by atoms with E-state index in [1.165, 1.54) is 24.4 Å². The van der Waals surface area contributed by atoms with Gasteiger partial charge in [-0.3, -0.25) is 15.1 Å². The van der Waals surface area contributed by atoms with E-state index in [1.807, 2.05) is 0 Å². The normalized spacial score (nSPS) is 19.2. The van der Waals surface area contributed by atoms with Crippen molar-refractivity contribution in [2.75, 3.05) is 13.1 Å². The number of nitro groups is 1. The Kier molecular flexibility index (Phi) is 3.75. The lowest BCUT2D eigenvalue weighted by atomic mass is 10.2. The molecule has 0 radical (unpaired) electrons. The topological polar surface area (TPSA) is 115 Å². The summed E-state index contributed by atoms with van der Waals surface area (Å²) in [7, 11) is -3.55. The van der Waals surface area contributed by atoms with Gasteiger partial charge in [-0.2, -0.15) is 0 Å². The molecule has 0 unspecified atom stereocenters. The number of hydrogen-bond acceptors (Lipinski definition) is 7. The van der Waals surface area contributed by atoms with Gasteiger partial charge < -0.3 is 5.32 Å². The van der Waals surface area contributed by atoms with Crippen molar-refractivity contribution in [1.82, 2.24) is 15.3 Å². The van der Waals surface area contributed by atoms with Gasteiger partial charge in [0.05, 0.1) is 27.4 Å². The summed E-state index contributed by atoms with van der Waals surface area (Å²) in [6.07, 6.45) is 2.57. The lowest BCUT2D eigenvalue weighted by molar-refractivity contribution is -0.384. The molecule has 9 heteroatoms. The largest absolute Gasteiger partial charge is 0.315 e. The van der Waals surface area contributed by atoms with Crippen molar-refractivity contribution in [3.8, 4) is 0 Å². The molecule has 0 spiro atoms. The Labute approximate surface area is 126 Å². The van der Waals surface area contributed by atoms with E-state index in [0.717, 1.165) is 13.0 Å². The van der Waals surface area contributed by atoms with Crippen molar-refractivity contribution in [1.29, 1.82) is 0 Å². The molecule has 116 valence electrons. The van der Waals surface area contributed by atoms with Crippen LogP contribution in [0.4, 0.5) is 5.69 Å². The third-order valence-corrected chi connectivity index (χ3v) is 5.76. The molecule has 1 saturated heterocycles. The first-order valence-electron chi connectivity index (χ1n) is 6.84. The molecule has 0 aliphatic carbocycles. The Morgan fingerprint density at radius 1 is 1.32 bits per heavy atom. The van der Waals surface area contributed by atoms with Crippen molar-refractivity contribution in [2.45, 2.75) is 23.1 Å². The van der Waals surface area contributed by atoms with E-state index in [1.54, 1.807) is 0 Å². The molecule has 0 bridgehead atoms. The van der Waals surface area contributed by atoms with Gasteiger partial charge in [0.2, 0.25) is 9.84 Å². The molecule has 1 aromatic carbocycles. The third kappa shape index (κ3) is 2.64. The summed E-state index contributed by atoms with van der Waals surface area (Å²) >= 11 is 0. The van der Waals surface area contributed by atoms with E-state index in [2.05, 4.69) is 15.3 Å². The van der Waals surface area contributed by atoms with Gasteiger partial charge in [0.25, 0.3) is 5.69 Å². The van der Waals surface area contributed by atoms with Crippen molar-refractivity contribution < 1.29 is 13.3 Å². The van der Waals surface area contributed by atoms with Crippen LogP contribution in [-0.4, -0.2) is 41.6 Å². The van der Waals surface area contributed by atoms with Gasteiger partial charge in [0, 0.05) is 18.7 Å². The Balaban J connectivity index is 2.01. The van der Waals surface area contributed by atoms with E-state index in [0.29, 0.717) is 24.0 Å². The van der Waals surface area contributed by atoms with Crippen molar-refractivity contribution in [2.24, 2.45) is 0 Å². The van der Waals surface area contributed by atoms with Crippen LogP contribution in [0.1, 0.15) is 12.8 Å². The maximum Gasteiger partial charge on any atom is 0.271 e. The standard InChI is InChI=1S/C13H14N4O4S/c18-17(19)9-3-4-11-12(6-9)15-8-13(16-11)22(20,21)10-2-1-5-14-7-10/h3-4,6,8,10,14H,1-2,5,7H2/t10-/m1/s1. The summed E-state index contributed by atoms with van der Waals surface area (Å²) in [6, 6.07) is 3.98. The number of nitrogens with one attached hydrogen (secondary N) is 1. The fourth-order valence-electron chi connectivity index (χ4n) is 2.49. The molecule has 2 aromatic rings. The number of nitro benzene ring substituents is 1. The lowest BCUT2D eigenvalue weighted by Crippen LogP contribution is -2.39. The van der Waals surface area contributed by atoms with Gasteiger partial charge in [0.15, 0.2) is 5.03 Å². The quantitative estimate of drug-likeness (QED) is 0.663. The summed E-state index contributed by atoms with van der Waals surface area (Å²) < 4.78 is 25.1. The predicted molar refractivity (Wildman–Crippen MR) is 79.3 cm³/mol. The molecule has 0 amide bonds. The number of piperidine rings is 1. The number of hydrogen-bond donors (Lipinski definition) is 1. The Morgan fingerprint density at radius 3 is 2.82 bits per heavy atom. The van der Waals surface area contributed by atoms with Crippen LogP contribution < -0.4 is 5.32 Å². The Morgan fingerprint density at radius 2 is 2.14 bits per heavy atom. The molecule has 1 N–H and O–H groups in total. The smallest absolute Gasteiger partial charge is 0.271 e. The van der Waals surface area contributed by atoms with E-state index in [9.17, 15) is 18.5 Å². The summed E-state index contributed by atoms with van der Waals surface area (Å²) in [6.45, 7) is 1.22. The molecule has 1 atom stereocenters. The molecule has 3 rings (SSSR count). The van der Waals surface area contributed by atoms with E-state index < -0.39 is 20.0 Å². The van der Waals surface area contributed by atoms with Crippen molar-refractivity contribution >= 4 is 26.6 Å². The summed E-state index contributed by atoms with van der Waals surface area (Å²) in [5.41, 5.74) is 0.527. The van der Waals surface area contributed by atoms with Crippen LogP contribution in [0.3, 0.4) is 0 Å². The van der Waals surface area contributed by atoms with Crippen molar-refractivity contribution in [3.63, 3.8) is 0 Å². The van der Waals surface area contributed by atoms with Gasteiger partial charge in [-0.05, 0) is 25.5 Å². The van der Waals surface area contributed by atoms with Gasteiger partial charge in [-0.1, -0.05) is 0 Å². The molecule has 1 aromatic heterocycles. The van der Waals surface area contributed by atoms with Gasteiger partial charge in [-0.25, -0.2) is 13.4 Å². The number of aromatic nitrogens is 2. The van der Waals surface area contributed by atoms with Crippen molar-refractivity contribution in [3.05, 3.63) is 34.5 Å². The van der Waals surface area contributed by atoms with Crippen LogP contribution in [0, 0.1) is 10.1 Å². The zero-order valence-corrected chi connectivity index (χ0v) is 12.4.